The van der Waals surface area contributed by atoms with Crippen LogP contribution in [0, 0.1) is 0 Å². The second-order valence-electron chi connectivity index (χ2n) is 7.13. The number of benzene rings is 2. The molecule has 0 bridgehead atoms. The van der Waals surface area contributed by atoms with Crippen LogP contribution in [-0.4, -0.2) is 41.0 Å². The van der Waals surface area contributed by atoms with Crippen LogP contribution in [0.15, 0.2) is 65.4 Å². The Labute approximate surface area is 185 Å². The van der Waals surface area contributed by atoms with E-state index in [4.69, 9.17) is 33.5 Å². The maximum Gasteiger partial charge on any atom is 0.345 e. The topological polar surface area (TPSA) is 81.7 Å². The molecule has 8 heteroatoms. The van der Waals surface area contributed by atoms with Crippen molar-refractivity contribution >= 4 is 5.97 Å². The molecule has 2 aromatic rings. The van der Waals surface area contributed by atoms with Crippen molar-refractivity contribution in [1.29, 1.82) is 0 Å². The molecular formula is C24H24O8. The summed E-state index contributed by atoms with van der Waals surface area (Å²) in [4.78, 5) is 23.3. The third-order valence-corrected chi connectivity index (χ3v) is 5.42. The van der Waals surface area contributed by atoms with Crippen LogP contribution < -0.4 is 14.2 Å². The Bertz CT molecular complexity index is 1050. The van der Waals surface area contributed by atoms with Crippen molar-refractivity contribution in [1.82, 2.24) is 0 Å². The van der Waals surface area contributed by atoms with Gasteiger partial charge in [0.25, 0.3) is 5.79 Å². The Balaban J connectivity index is 1.87. The van der Waals surface area contributed by atoms with Gasteiger partial charge >= 0.3 is 5.97 Å². The second-order valence-corrected chi connectivity index (χ2v) is 7.13. The van der Waals surface area contributed by atoms with Gasteiger partial charge in [0.1, 0.15) is 29.4 Å². The van der Waals surface area contributed by atoms with Crippen molar-refractivity contribution in [3.63, 3.8) is 0 Å². The van der Waals surface area contributed by atoms with Gasteiger partial charge in [-0.1, -0.05) is 0 Å². The lowest BCUT2D eigenvalue weighted by atomic mass is 9.89. The summed E-state index contributed by atoms with van der Waals surface area (Å²) in [5.41, 5.74) is 2.30. The predicted octanol–water partition coefficient (Wildman–Crippen LogP) is 3.45. The lowest BCUT2D eigenvalue weighted by Crippen LogP contribution is -2.32. The zero-order valence-corrected chi connectivity index (χ0v) is 18.3. The maximum absolute atomic E-state index is 13.1. The van der Waals surface area contributed by atoms with E-state index in [1.807, 2.05) is 12.1 Å². The highest BCUT2D eigenvalue weighted by molar-refractivity contribution is 5.97. The molecule has 0 aliphatic carbocycles. The molecule has 0 spiro atoms. The van der Waals surface area contributed by atoms with Gasteiger partial charge in [-0.2, -0.15) is 4.89 Å². The van der Waals surface area contributed by atoms with Gasteiger partial charge in [0.15, 0.2) is 5.76 Å². The fourth-order valence-electron chi connectivity index (χ4n) is 3.87. The van der Waals surface area contributed by atoms with Crippen molar-refractivity contribution < 1.29 is 38.3 Å². The number of carbonyl (C=O) groups is 1. The molecule has 0 radical (unpaired) electrons. The highest BCUT2D eigenvalue weighted by atomic mass is 17.2. The molecule has 2 aromatic carbocycles. The third kappa shape index (κ3) is 3.79. The number of carbonyl (C=O) groups excluding carboxylic acids is 1. The van der Waals surface area contributed by atoms with Gasteiger partial charge in [-0.25, -0.2) is 4.79 Å². The van der Waals surface area contributed by atoms with Crippen LogP contribution in [0.1, 0.15) is 11.1 Å². The van der Waals surface area contributed by atoms with Crippen LogP contribution in [0.2, 0.25) is 0 Å². The van der Waals surface area contributed by atoms with E-state index in [1.165, 1.54) is 7.11 Å². The number of esters is 1. The fraction of sp³-hybridized carbons (Fsp3) is 0.292. The van der Waals surface area contributed by atoms with Gasteiger partial charge in [0.2, 0.25) is 0 Å². The van der Waals surface area contributed by atoms with Gasteiger partial charge in [-0.15, -0.1) is 0 Å². The van der Waals surface area contributed by atoms with E-state index in [0.717, 1.165) is 5.56 Å². The first kappa shape index (κ1) is 21.7. The van der Waals surface area contributed by atoms with E-state index >= 15 is 0 Å². The lowest BCUT2D eigenvalue weighted by Gasteiger charge is -2.30. The summed E-state index contributed by atoms with van der Waals surface area (Å²) in [6.45, 7) is 0.231. The summed E-state index contributed by atoms with van der Waals surface area (Å²) >= 11 is 0. The number of hydrogen-bond donors (Lipinski definition) is 0. The van der Waals surface area contributed by atoms with Gasteiger partial charge in [-0.3, -0.25) is 0 Å². The Morgan fingerprint density at radius 3 is 2.09 bits per heavy atom. The van der Waals surface area contributed by atoms with Gasteiger partial charge in [0.05, 0.1) is 21.3 Å². The molecule has 2 heterocycles. The Morgan fingerprint density at radius 2 is 1.56 bits per heavy atom. The molecule has 32 heavy (non-hydrogen) atoms. The van der Waals surface area contributed by atoms with Gasteiger partial charge < -0.3 is 28.6 Å². The first-order valence-corrected chi connectivity index (χ1v) is 9.93. The third-order valence-electron chi connectivity index (χ3n) is 5.42. The quantitative estimate of drug-likeness (QED) is 0.456. The molecule has 2 aliphatic rings. The maximum atomic E-state index is 13.1. The molecule has 0 aromatic heterocycles. The summed E-state index contributed by atoms with van der Waals surface area (Å²) in [6.07, 6.45) is 1.98. The SMILES string of the molecule is COc1ccc(C2(OC)OC(=O)C(C3=CCOO3)=C2Cc2cc(OC)cc(OC)c2)cc1. The normalized spacial score (nSPS) is 20.0. The van der Waals surface area contributed by atoms with Gasteiger partial charge in [-0.05, 0) is 48.0 Å². The van der Waals surface area contributed by atoms with E-state index in [0.29, 0.717) is 40.6 Å². The van der Waals surface area contributed by atoms with Crippen molar-refractivity contribution in [3.05, 3.63) is 76.6 Å². The average Bonchev–Trinajstić information content (AvgIpc) is 3.45. The van der Waals surface area contributed by atoms with Crippen LogP contribution in [0.25, 0.3) is 0 Å². The summed E-state index contributed by atoms with van der Waals surface area (Å²) in [6, 6.07) is 12.7. The van der Waals surface area contributed by atoms with E-state index in [-0.39, 0.29) is 12.2 Å². The molecule has 0 N–H and O–H groups in total. The highest BCUT2D eigenvalue weighted by Gasteiger charge is 2.51. The van der Waals surface area contributed by atoms with Gasteiger partial charge in [0, 0.05) is 30.7 Å². The molecule has 0 fully saturated rings. The number of hydrogen-bond acceptors (Lipinski definition) is 8. The highest BCUT2D eigenvalue weighted by Crippen LogP contribution is 2.47. The molecule has 8 nitrogen and oxygen atoms in total. The molecule has 1 atom stereocenters. The minimum atomic E-state index is -1.46. The molecule has 2 aliphatic heterocycles. The molecular weight excluding hydrogens is 416 g/mol. The monoisotopic (exact) mass is 440 g/mol. The number of rotatable bonds is 8. The fourth-order valence-corrected chi connectivity index (χ4v) is 3.87. The zero-order valence-electron chi connectivity index (χ0n) is 18.3. The van der Waals surface area contributed by atoms with Crippen molar-refractivity contribution in [3.8, 4) is 17.2 Å². The smallest absolute Gasteiger partial charge is 0.345 e. The Kier molecular flexibility index (Phi) is 6.07. The predicted molar refractivity (Wildman–Crippen MR) is 113 cm³/mol. The first-order chi connectivity index (χ1) is 15.5. The number of methoxy groups -OCH3 is 4. The summed E-state index contributed by atoms with van der Waals surface area (Å²) < 4.78 is 27.8. The first-order valence-electron chi connectivity index (χ1n) is 9.93. The van der Waals surface area contributed by atoms with E-state index < -0.39 is 11.8 Å². The molecule has 4 rings (SSSR count). The van der Waals surface area contributed by atoms with Crippen LogP contribution in [-0.2, 0) is 36.3 Å². The average molecular weight is 440 g/mol. The van der Waals surface area contributed by atoms with E-state index in [1.54, 1.807) is 57.7 Å². The second kappa shape index (κ2) is 8.94. The van der Waals surface area contributed by atoms with Crippen LogP contribution in [0.5, 0.6) is 17.2 Å². The summed E-state index contributed by atoms with van der Waals surface area (Å²) in [5, 5.41) is 0. The molecule has 1 unspecified atom stereocenters. The Hall–Kier alpha value is -3.49. The van der Waals surface area contributed by atoms with Crippen molar-refractivity contribution in [2.24, 2.45) is 0 Å². The number of cyclic esters (lactones) is 1. The van der Waals surface area contributed by atoms with Crippen LogP contribution in [0.3, 0.4) is 0 Å². The molecule has 0 saturated heterocycles. The Morgan fingerprint density at radius 1 is 0.906 bits per heavy atom. The largest absolute Gasteiger partial charge is 0.497 e. The van der Waals surface area contributed by atoms with Crippen molar-refractivity contribution in [2.75, 3.05) is 35.0 Å². The minimum absolute atomic E-state index is 0.231. The zero-order chi connectivity index (χ0) is 22.7. The van der Waals surface area contributed by atoms with E-state index in [2.05, 4.69) is 0 Å². The molecule has 0 amide bonds. The van der Waals surface area contributed by atoms with E-state index in [9.17, 15) is 4.79 Å². The van der Waals surface area contributed by atoms with Crippen molar-refractivity contribution in [2.45, 2.75) is 12.2 Å². The molecule has 168 valence electrons. The lowest BCUT2D eigenvalue weighted by molar-refractivity contribution is -0.231. The summed E-state index contributed by atoms with van der Waals surface area (Å²) in [5.74, 6) is 0.194. The van der Waals surface area contributed by atoms with Crippen LogP contribution >= 0.6 is 0 Å². The molecule has 0 saturated carbocycles. The number of ether oxygens (including phenoxy) is 5. The summed E-state index contributed by atoms with van der Waals surface area (Å²) in [7, 11) is 6.24. The minimum Gasteiger partial charge on any atom is -0.497 e. The standard InChI is InChI=1S/C24H24O8/c1-26-17-7-5-16(6-8-17)24(29-4)20(22(23(25)31-24)21-9-10-30-32-21)13-15-11-18(27-2)14-19(12-15)28-3/h5-9,11-12,14H,10,13H2,1-4H3. The van der Waals surface area contributed by atoms with Crippen LogP contribution in [0.4, 0.5) is 0 Å².